The number of para-hydroxylation sites is 2. The Hall–Kier alpha value is -3.28. The molecular weight excluding hydrogens is 316 g/mol. The highest BCUT2D eigenvalue weighted by Gasteiger charge is 2.07. The van der Waals surface area contributed by atoms with Crippen LogP contribution in [0.1, 0.15) is 11.5 Å². The number of methoxy groups -OCH3 is 1. The number of nitrogens with zero attached hydrogens (tertiary/aromatic N) is 2. The maximum absolute atomic E-state index is 5.93. The van der Waals surface area contributed by atoms with Crippen molar-refractivity contribution in [1.29, 1.82) is 0 Å². The Morgan fingerprint density at radius 3 is 2.72 bits per heavy atom. The normalized spacial score (nSPS) is 11.4. The van der Waals surface area contributed by atoms with Crippen molar-refractivity contribution in [1.82, 2.24) is 4.98 Å². The highest BCUT2D eigenvalue weighted by atomic mass is 16.5. The van der Waals surface area contributed by atoms with Crippen LogP contribution in [0.2, 0.25) is 0 Å². The molecule has 0 atom stereocenters. The highest BCUT2D eigenvalue weighted by Crippen LogP contribution is 2.23. The van der Waals surface area contributed by atoms with Crippen molar-refractivity contribution in [3.8, 4) is 17.1 Å². The topological polar surface area (TPSA) is 85.7 Å². The van der Waals surface area contributed by atoms with Gasteiger partial charge in [-0.25, -0.2) is 9.98 Å². The number of aryl methyl sites for hydroxylation is 1. The van der Waals surface area contributed by atoms with Crippen LogP contribution in [0.15, 0.2) is 64.1 Å². The maximum Gasteiger partial charge on any atom is 0.216 e. The number of aliphatic imine (C=N–C) groups is 1. The fourth-order valence-corrected chi connectivity index (χ4v) is 2.31. The summed E-state index contributed by atoms with van der Waals surface area (Å²) >= 11 is 0. The summed E-state index contributed by atoms with van der Waals surface area (Å²) in [7, 11) is 1.60. The van der Waals surface area contributed by atoms with Crippen LogP contribution in [0.4, 0.5) is 5.69 Å². The summed E-state index contributed by atoms with van der Waals surface area (Å²) in [4.78, 5) is 8.50. The number of hydrogen-bond acceptors (Lipinski definition) is 4. The van der Waals surface area contributed by atoms with E-state index in [4.69, 9.17) is 14.9 Å². The van der Waals surface area contributed by atoms with E-state index in [1.807, 2.05) is 55.5 Å². The van der Waals surface area contributed by atoms with Crippen molar-refractivity contribution in [3.05, 3.63) is 66.2 Å². The van der Waals surface area contributed by atoms with Gasteiger partial charge in [0.2, 0.25) is 5.89 Å². The number of aromatic nitrogens is 1. The molecule has 128 valence electrons. The van der Waals surface area contributed by atoms with Gasteiger partial charge < -0.3 is 20.2 Å². The lowest BCUT2D eigenvalue weighted by molar-refractivity contribution is 0.417. The Morgan fingerprint density at radius 1 is 1.20 bits per heavy atom. The van der Waals surface area contributed by atoms with Crippen molar-refractivity contribution in [2.45, 2.75) is 13.5 Å². The Kier molecular flexibility index (Phi) is 4.99. The van der Waals surface area contributed by atoms with Crippen LogP contribution < -0.4 is 15.8 Å². The minimum absolute atomic E-state index is 0.250. The molecular formula is C19H20N4O2. The molecule has 6 nitrogen and oxygen atoms in total. The van der Waals surface area contributed by atoms with Gasteiger partial charge in [-0.15, -0.1) is 0 Å². The van der Waals surface area contributed by atoms with Gasteiger partial charge in [0.05, 0.1) is 19.0 Å². The monoisotopic (exact) mass is 336 g/mol. The molecule has 0 unspecified atom stereocenters. The zero-order valence-electron chi connectivity index (χ0n) is 14.2. The molecule has 2 aromatic carbocycles. The zero-order chi connectivity index (χ0) is 17.6. The zero-order valence-corrected chi connectivity index (χ0v) is 14.2. The number of nitrogens with two attached hydrogens (primary N) is 1. The van der Waals surface area contributed by atoms with Gasteiger partial charge in [0.1, 0.15) is 12.3 Å². The van der Waals surface area contributed by atoms with Gasteiger partial charge in [0, 0.05) is 5.56 Å². The van der Waals surface area contributed by atoms with E-state index in [1.165, 1.54) is 5.56 Å². The molecule has 6 heteroatoms. The van der Waals surface area contributed by atoms with Gasteiger partial charge in [-0.05, 0) is 19.1 Å². The minimum atomic E-state index is 0.250. The second-order valence-electron chi connectivity index (χ2n) is 5.51. The molecule has 0 saturated carbocycles. The average molecular weight is 336 g/mol. The molecule has 0 bridgehead atoms. The second-order valence-corrected chi connectivity index (χ2v) is 5.51. The van der Waals surface area contributed by atoms with Crippen molar-refractivity contribution in [2.75, 3.05) is 12.4 Å². The molecule has 0 radical (unpaired) electrons. The predicted octanol–water partition coefficient (Wildman–Crippen LogP) is 3.59. The molecule has 1 aromatic heterocycles. The second kappa shape index (κ2) is 7.53. The molecule has 0 aliphatic carbocycles. The van der Waals surface area contributed by atoms with Crippen molar-refractivity contribution in [3.63, 3.8) is 0 Å². The Morgan fingerprint density at radius 2 is 1.96 bits per heavy atom. The van der Waals surface area contributed by atoms with Crippen molar-refractivity contribution < 1.29 is 9.15 Å². The Bertz CT molecular complexity index is 869. The largest absolute Gasteiger partial charge is 0.495 e. The molecule has 3 rings (SSSR count). The molecule has 0 spiro atoms. The number of guanidine groups is 1. The third kappa shape index (κ3) is 4.17. The van der Waals surface area contributed by atoms with Crippen LogP contribution in [0.5, 0.6) is 5.75 Å². The molecule has 0 aliphatic heterocycles. The van der Waals surface area contributed by atoms with E-state index in [9.17, 15) is 0 Å². The number of benzene rings is 2. The lowest BCUT2D eigenvalue weighted by Gasteiger charge is -2.09. The van der Waals surface area contributed by atoms with Crippen LogP contribution in [-0.4, -0.2) is 18.1 Å². The number of hydrogen-bond donors (Lipinski definition) is 2. The number of oxazole rings is 1. The van der Waals surface area contributed by atoms with Crippen LogP contribution in [0.25, 0.3) is 11.3 Å². The SMILES string of the molecule is COc1ccccc1NC(N)=NCc1ncc(-c2ccc(C)cc2)o1. The van der Waals surface area contributed by atoms with Gasteiger partial charge in [-0.3, -0.25) is 0 Å². The van der Waals surface area contributed by atoms with E-state index in [2.05, 4.69) is 15.3 Å². The van der Waals surface area contributed by atoms with Gasteiger partial charge >= 0.3 is 0 Å². The first-order valence-electron chi connectivity index (χ1n) is 7.87. The van der Waals surface area contributed by atoms with E-state index < -0.39 is 0 Å². The molecule has 3 N–H and O–H groups in total. The predicted molar refractivity (Wildman–Crippen MR) is 98.6 cm³/mol. The number of rotatable bonds is 5. The average Bonchev–Trinajstić information content (AvgIpc) is 3.10. The van der Waals surface area contributed by atoms with E-state index in [1.54, 1.807) is 13.3 Å². The maximum atomic E-state index is 5.93. The number of anilines is 1. The highest BCUT2D eigenvalue weighted by molar-refractivity contribution is 5.93. The summed E-state index contributed by atoms with van der Waals surface area (Å²) in [6, 6.07) is 15.5. The minimum Gasteiger partial charge on any atom is -0.495 e. The third-order valence-electron chi connectivity index (χ3n) is 3.64. The summed E-state index contributed by atoms with van der Waals surface area (Å²) in [6.07, 6.45) is 1.69. The van der Waals surface area contributed by atoms with Crippen LogP contribution in [-0.2, 0) is 6.54 Å². The van der Waals surface area contributed by atoms with Gasteiger partial charge in [-0.1, -0.05) is 42.0 Å². The van der Waals surface area contributed by atoms with Crippen molar-refractivity contribution in [2.24, 2.45) is 10.7 Å². The summed E-state index contributed by atoms with van der Waals surface area (Å²) in [5.41, 5.74) is 8.85. The molecule has 0 aliphatic rings. The Balaban J connectivity index is 1.66. The molecule has 3 aromatic rings. The van der Waals surface area contributed by atoms with Crippen LogP contribution >= 0.6 is 0 Å². The summed E-state index contributed by atoms with van der Waals surface area (Å²) in [5, 5.41) is 3.01. The summed E-state index contributed by atoms with van der Waals surface area (Å²) in [6.45, 7) is 2.29. The Labute approximate surface area is 146 Å². The summed E-state index contributed by atoms with van der Waals surface area (Å²) in [5.74, 6) is 2.17. The first kappa shape index (κ1) is 16.6. The fourth-order valence-electron chi connectivity index (χ4n) is 2.31. The first-order chi connectivity index (χ1) is 12.2. The van der Waals surface area contributed by atoms with Gasteiger partial charge in [-0.2, -0.15) is 0 Å². The fraction of sp³-hybridized carbons (Fsp3) is 0.158. The van der Waals surface area contributed by atoms with E-state index in [0.29, 0.717) is 17.4 Å². The quantitative estimate of drug-likeness (QED) is 0.549. The number of ether oxygens (including phenoxy) is 1. The standard InChI is InChI=1S/C19H20N4O2/c1-13-7-9-14(10-8-13)17-11-21-18(25-17)12-22-19(20)23-15-5-3-4-6-16(15)24-2/h3-11H,12H2,1-2H3,(H3,20,22,23). The number of nitrogens with one attached hydrogen (secondary N) is 1. The van der Waals surface area contributed by atoms with E-state index in [0.717, 1.165) is 11.3 Å². The lowest BCUT2D eigenvalue weighted by Crippen LogP contribution is -2.22. The molecule has 1 heterocycles. The summed E-state index contributed by atoms with van der Waals surface area (Å²) < 4.78 is 11.0. The smallest absolute Gasteiger partial charge is 0.216 e. The molecule has 25 heavy (non-hydrogen) atoms. The van der Waals surface area contributed by atoms with E-state index in [-0.39, 0.29) is 12.5 Å². The molecule has 0 fully saturated rings. The van der Waals surface area contributed by atoms with Crippen LogP contribution in [0, 0.1) is 6.92 Å². The lowest BCUT2D eigenvalue weighted by atomic mass is 10.1. The molecule has 0 amide bonds. The van der Waals surface area contributed by atoms with Crippen LogP contribution in [0.3, 0.4) is 0 Å². The van der Waals surface area contributed by atoms with Gasteiger partial charge in [0.15, 0.2) is 11.7 Å². The third-order valence-corrected chi connectivity index (χ3v) is 3.64. The van der Waals surface area contributed by atoms with E-state index >= 15 is 0 Å². The van der Waals surface area contributed by atoms with Crippen molar-refractivity contribution >= 4 is 11.6 Å². The first-order valence-corrected chi connectivity index (χ1v) is 7.87. The van der Waals surface area contributed by atoms with Gasteiger partial charge in [0.25, 0.3) is 0 Å². The molecule has 0 saturated heterocycles.